The van der Waals surface area contributed by atoms with Crippen LogP contribution in [-0.4, -0.2) is 4.98 Å². The van der Waals surface area contributed by atoms with E-state index >= 15 is 0 Å². The normalized spacial score (nSPS) is 11.0. The Bertz CT molecular complexity index is 685. The van der Waals surface area contributed by atoms with E-state index in [2.05, 4.69) is 42.2 Å². The maximum Gasteiger partial charge on any atom is 0.0480 e. The molecule has 0 radical (unpaired) electrons. The number of aromatic nitrogens is 1. The van der Waals surface area contributed by atoms with Crippen LogP contribution in [0.25, 0.3) is 10.9 Å². The third-order valence-corrected chi connectivity index (χ3v) is 4.16. The van der Waals surface area contributed by atoms with Gasteiger partial charge >= 0.3 is 0 Å². The van der Waals surface area contributed by atoms with E-state index in [4.69, 9.17) is 11.6 Å². The molecule has 1 aromatic heterocycles. The minimum Gasteiger partial charge on any atom is -0.360 e. The maximum absolute atomic E-state index is 5.98. The lowest BCUT2D eigenvalue weighted by Crippen LogP contribution is -1.74. The van der Waals surface area contributed by atoms with Gasteiger partial charge in [-0.1, -0.05) is 47.1 Å². The largest absolute Gasteiger partial charge is 0.360 e. The first kappa shape index (κ1) is 11.7. The lowest BCUT2D eigenvalue weighted by Gasteiger charge is -2.01. The molecule has 0 atom stereocenters. The van der Waals surface area contributed by atoms with E-state index in [1.54, 1.807) is 11.8 Å². The van der Waals surface area contributed by atoms with Crippen molar-refractivity contribution in [3.05, 3.63) is 59.2 Å². The van der Waals surface area contributed by atoms with E-state index in [0.29, 0.717) is 0 Å². The molecule has 3 rings (SSSR count). The second-order valence-electron chi connectivity index (χ2n) is 4.26. The Kier molecular flexibility index (Phi) is 3.06. The molecule has 3 heteroatoms. The van der Waals surface area contributed by atoms with Gasteiger partial charge in [-0.15, -0.1) is 0 Å². The fourth-order valence-electron chi connectivity index (χ4n) is 1.89. The van der Waals surface area contributed by atoms with Crippen molar-refractivity contribution in [2.45, 2.75) is 16.7 Å². The molecule has 90 valence electrons. The summed E-state index contributed by atoms with van der Waals surface area (Å²) in [4.78, 5) is 5.73. The first-order chi connectivity index (χ1) is 8.72. The highest BCUT2D eigenvalue weighted by atomic mass is 35.5. The van der Waals surface area contributed by atoms with Crippen molar-refractivity contribution < 1.29 is 0 Å². The van der Waals surface area contributed by atoms with Gasteiger partial charge < -0.3 is 4.98 Å². The van der Waals surface area contributed by atoms with Crippen LogP contribution in [0.2, 0.25) is 5.02 Å². The van der Waals surface area contributed by atoms with Gasteiger partial charge in [0.1, 0.15) is 0 Å². The third-order valence-electron chi connectivity index (χ3n) is 2.85. The van der Waals surface area contributed by atoms with E-state index in [1.165, 1.54) is 20.7 Å². The van der Waals surface area contributed by atoms with E-state index in [-0.39, 0.29) is 0 Å². The fourth-order valence-corrected chi connectivity index (χ4v) is 2.99. The molecule has 0 amide bonds. The highest BCUT2D eigenvalue weighted by Gasteiger charge is 2.05. The molecule has 1 nitrogen and oxygen atoms in total. The van der Waals surface area contributed by atoms with Gasteiger partial charge in [0.2, 0.25) is 0 Å². The Morgan fingerprint density at radius 2 is 1.83 bits per heavy atom. The van der Waals surface area contributed by atoms with Gasteiger partial charge in [-0.05, 0) is 31.2 Å². The summed E-state index contributed by atoms with van der Waals surface area (Å²) >= 11 is 7.74. The van der Waals surface area contributed by atoms with E-state index < -0.39 is 0 Å². The van der Waals surface area contributed by atoms with Crippen LogP contribution < -0.4 is 0 Å². The molecule has 0 saturated heterocycles. The van der Waals surface area contributed by atoms with Gasteiger partial charge in [-0.2, -0.15) is 0 Å². The van der Waals surface area contributed by atoms with Crippen molar-refractivity contribution in [1.82, 2.24) is 4.98 Å². The standard InChI is InChI=1S/C15H12ClNS/c1-10-2-5-12(6-3-10)18-15-9-17-14-8-11(16)4-7-13(14)15/h2-9,17H,1H3. The van der Waals surface area contributed by atoms with E-state index in [0.717, 1.165) is 10.5 Å². The molecule has 18 heavy (non-hydrogen) atoms. The number of hydrogen-bond acceptors (Lipinski definition) is 1. The SMILES string of the molecule is Cc1ccc(Sc2c[nH]c3cc(Cl)ccc23)cc1. The molecule has 0 unspecified atom stereocenters. The predicted octanol–water partition coefficient (Wildman–Crippen LogP) is 5.28. The van der Waals surface area contributed by atoms with Gasteiger partial charge in [0.25, 0.3) is 0 Å². The summed E-state index contributed by atoms with van der Waals surface area (Å²) in [5.74, 6) is 0. The van der Waals surface area contributed by atoms with Crippen molar-refractivity contribution in [3.8, 4) is 0 Å². The number of halogens is 1. The molecular weight excluding hydrogens is 262 g/mol. The van der Waals surface area contributed by atoms with Crippen LogP contribution in [-0.2, 0) is 0 Å². The first-order valence-electron chi connectivity index (χ1n) is 5.73. The summed E-state index contributed by atoms with van der Waals surface area (Å²) in [7, 11) is 0. The quantitative estimate of drug-likeness (QED) is 0.671. The lowest BCUT2D eigenvalue weighted by atomic mass is 10.2. The Morgan fingerprint density at radius 3 is 2.61 bits per heavy atom. The average molecular weight is 274 g/mol. The summed E-state index contributed by atoms with van der Waals surface area (Å²) in [6, 6.07) is 14.5. The Morgan fingerprint density at radius 1 is 1.06 bits per heavy atom. The molecule has 2 aromatic carbocycles. The van der Waals surface area contributed by atoms with Crippen LogP contribution in [0.4, 0.5) is 0 Å². The van der Waals surface area contributed by atoms with Crippen LogP contribution in [0.15, 0.2) is 58.5 Å². The second kappa shape index (κ2) is 4.71. The topological polar surface area (TPSA) is 15.8 Å². The number of H-pyrrole nitrogens is 1. The number of benzene rings is 2. The van der Waals surface area contributed by atoms with Crippen molar-refractivity contribution in [2.24, 2.45) is 0 Å². The molecule has 0 bridgehead atoms. The minimum absolute atomic E-state index is 0.760. The Balaban J connectivity index is 1.97. The number of aromatic amines is 1. The number of hydrogen-bond donors (Lipinski definition) is 1. The fraction of sp³-hybridized carbons (Fsp3) is 0.0667. The maximum atomic E-state index is 5.98. The van der Waals surface area contributed by atoms with Crippen molar-refractivity contribution in [1.29, 1.82) is 0 Å². The van der Waals surface area contributed by atoms with E-state index in [9.17, 15) is 0 Å². The van der Waals surface area contributed by atoms with Crippen molar-refractivity contribution >= 4 is 34.3 Å². The van der Waals surface area contributed by atoms with Gasteiger partial charge in [0.05, 0.1) is 0 Å². The molecule has 0 saturated carbocycles. The zero-order chi connectivity index (χ0) is 12.5. The van der Waals surface area contributed by atoms with Crippen LogP contribution in [0, 0.1) is 6.92 Å². The molecule has 0 aliphatic heterocycles. The van der Waals surface area contributed by atoms with Crippen molar-refractivity contribution in [2.75, 3.05) is 0 Å². The first-order valence-corrected chi connectivity index (χ1v) is 6.93. The second-order valence-corrected chi connectivity index (χ2v) is 5.81. The highest BCUT2D eigenvalue weighted by Crippen LogP contribution is 2.34. The molecule has 0 fully saturated rings. The summed E-state index contributed by atoms with van der Waals surface area (Å²) in [5.41, 5.74) is 2.36. The lowest BCUT2D eigenvalue weighted by molar-refractivity contribution is 1.36. The zero-order valence-electron chi connectivity index (χ0n) is 9.91. The van der Waals surface area contributed by atoms with Gasteiger partial charge in [0.15, 0.2) is 0 Å². The average Bonchev–Trinajstić information content (AvgIpc) is 2.74. The smallest absolute Gasteiger partial charge is 0.0480 e. The number of fused-ring (bicyclic) bond motifs is 1. The highest BCUT2D eigenvalue weighted by molar-refractivity contribution is 7.99. The Hall–Kier alpha value is -1.38. The minimum atomic E-state index is 0.760. The van der Waals surface area contributed by atoms with Gasteiger partial charge in [-0.3, -0.25) is 0 Å². The van der Waals surface area contributed by atoms with Crippen LogP contribution in [0.3, 0.4) is 0 Å². The predicted molar refractivity (Wildman–Crippen MR) is 78.6 cm³/mol. The van der Waals surface area contributed by atoms with Crippen molar-refractivity contribution in [3.63, 3.8) is 0 Å². The molecule has 0 aliphatic carbocycles. The van der Waals surface area contributed by atoms with Crippen LogP contribution in [0.1, 0.15) is 5.56 Å². The zero-order valence-corrected chi connectivity index (χ0v) is 11.5. The van der Waals surface area contributed by atoms with Gasteiger partial charge in [-0.25, -0.2) is 0 Å². The molecule has 0 spiro atoms. The molecule has 0 aliphatic rings. The van der Waals surface area contributed by atoms with Gasteiger partial charge in [0, 0.05) is 31.9 Å². The number of aryl methyl sites for hydroxylation is 1. The Labute approximate surface area is 115 Å². The summed E-state index contributed by atoms with van der Waals surface area (Å²) in [6.07, 6.45) is 2.03. The summed E-state index contributed by atoms with van der Waals surface area (Å²) < 4.78 is 0. The summed E-state index contributed by atoms with van der Waals surface area (Å²) in [6.45, 7) is 2.10. The molecular formula is C15H12ClNS. The van der Waals surface area contributed by atoms with Crippen LogP contribution in [0.5, 0.6) is 0 Å². The monoisotopic (exact) mass is 273 g/mol. The third kappa shape index (κ3) is 2.26. The van der Waals surface area contributed by atoms with E-state index in [1.807, 2.05) is 18.3 Å². The molecule has 1 heterocycles. The van der Waals surface area contributed by atoms with Crippen LogP contribution >= 0.6 is 23.4 Å². The number of nitrogens with one attached hydrogen (secondary N) is 1. The number of rotatable bonds is 2. The molecule has 1 N–H and O–H groups in total. The summed E-state index contributed by atoms with van der Waals surface area (Å²) in [5, 5.41) is 1.97. The molecule has 3 aromatic rings.